The molecule has 0 saturated carbocycles. The SMILES string of the molecule is CC.CCc1ncc(C2=CC(C)C=C(C3=CC(C)C=C(C(C)C)C=C3)C=C2)cn1. The van der Waals surface area contributed by atoms with Gasteiger partial charge in [-0.15, -0.1) is 0 Å². The van der Waals surface area contributed by atoms with E-state index >= 15 is 0 Å². The molecular formula is C27H36N2. The second-order valence-electron chi connectivity index (χ2n) is 7.81. The number of aromatic nitrogens is 2. The van der Waals surface area contributed by atoms with Crippen LogP contribution < -0.4 is 0 Å². The number of hydrogen-bond acceptors (Lipinski definition) is 2. The molecule has 0 spiro atoms. The van der Waals surface area contributed by atoms with Gasteiger partial charge in [-0.1, -0.05) is 97.1 Å². The molecule has 0 amide bonds. The molecule has 2 heteroatoms. The van der Waals surface area contributed by atoms with Crippen LogP contribution in [-0.2, 0) is 6.42 Å². The Morgan fingerprint density at radius 1 is 0.759 bits per heavy atom. The van der Waals surface area contributed by atoms with Crippen molar-refractivity contribution in [3.05, 3.63) is 89.1 Å². The van der Waals surface area contributed by atoms with Crippen LogP contribution in [0.4, 0.5) is 0 Å². The molecule has 0 N–H and O–H groups in total. The Kier molecular flexibility index (Phi) is 8.57. The fraction of sp³-hybridized carbons (Fsp3) is 0.407. The number of allylic oxidation sites excluding steroid dienone is 12. The number of nitrogens with zero attached hydrogens (tertiary/aromatic N) is 2. The molecule has 29 heavy (non-hydrogen) atoms. The van der Waals surface area contributed by atoms with E-state index in [1.807, 2.05) is 26.2 Å². The van der Waals surface area contributed by atoms with Crippen LogP contribution in [0.1, 0.15) is 59.9 Å². The zero-order chi connectivity index (χ0) is 21.4. The maximum atomic E-state index is 4.45. The third-order valence-corrected chi connectivity index (χ3v) is 5.04. The summed E-state index contributed by atoms with van der Waals surface area (Å²) in [4.78, 5) is 8.90. The summed E-state index contributed by atoms with van der Waals surface area (Å²) in [5, 5.41) is 0. The molecule has 0 saturated heterocycles. The van der Waals surface area contributed by atoms with Crippen LogP contribution in [0.3, 0.4) is 0 Å². The number of aryl methyl sites for hydroxylation is 1. The molecule has 1 heterocycles. The smallest absolute Gasteiger partial charge is 0.127 e. The largest absolute Gasteiger partial charge is 0.241 e. The van der Waals surface area contributed by atoms with Crippen molar-refractivity contribution in [3.8, 4) is 0 Å². The van der Waals surface area contributed by atoms with Gasteiger partial charge in [0.1, 0.15) is 5.82 Å². The second-order valence-corrected chi connectivity index (χ2v) is 7.81. The van der Waals surface area contributed by atoms with Crippen molar-refractivity contribution in [2.75, 3.05) is 0 Å². The summed E-state index contributed by atoms with van der Waals surface area (Å²) in [5.74, 6) is 2.22. The van der Waals surface area contributed by atoms with Gasteiger partial charge in [0.25, 0.3) is 0 Å². The van der Waals surface area contributed by atoms with Gasteiger partial charge < -0.3 is 0 Å². The van der Waals surface area contributed by atoms with Gasteiger partial charge in [0.05, 0.1) is 0 Å². The number of rotatable bonds is 4. The molecule has 0 bridgehead atoms. The Labute approximate surface area is 177 Å². The van der Waals surface area contributed by atoms with Crippen molar-refractivity contribution >= 4 is 5.57 Å². The zero-order valence-electron chi connectivity index (χ0n) is 19.1. The number of hydrogen-bond donors (Lipinski definition) is 0. The standard InChI is InChI=1S/C25H30N2.C2H6/c1-6-25-26-15-24(16-27-25)23-10-9-22(13-19(5)14-23)21-8-7-20(17(2)3)11-18(4)12-21;1-2/h7-19H,6H2,1-5H3;1-2H3. The summed E-state index contributed by atoms with van der Waals surface area (Å²) < 4.78 is 0. The van der Waals surface area contributed by atoms with Crippen molar-refractivity contribution in [2.24, 2.45) is 17.8 Å². The van der Waals surface area contributed by atoms with Gasteiger partial charge in [0.15, 0.2) is 0 Å². The van der Waals surface area contributed by atoms with Crippen molar-refractivity contribution in [1.29, 1.82) is 0 Å². The second kappa shape index (κ2) is 10.9. The lowest BCUT2D eigenvalue weighted by atomic mass is 9.98. The molecule has 154 valence electrons. The highest BCUT2D eigenvalue weighted by Crippen LogP contribution is 2.29. The molecule has 0 aromatic carbocycles. The van der Waals surface area contributed by atoms with E-state index in [0.29, 0.717) is 17.8 Å². The lowest BCUT2D eigenvalue weighted by Crippen LogP contribution is -1.94. The van der Waals surface area contributed by atoms with E-state index in [2.05, 4.69) is 93.2 Å². The zero-order valence-corrected chi connectivity index (χ0v) is 19.1. The van der Waals surface area contributed by atoms with E-state index in [1.165, 1.54) is 22.3 Å². The molecule has 3 rings (SSSR count). The van der Waals surface area contributed by atoms with Crippen molar-refractivity contribution in [1.82, 2.24) is 9.97 Å². The topological polar surface area (TPSA) is 25.8 Å². The third-order valence-electron chi connectivity index (χ3n) is 5.04. The first-order chi connectivity index (χ1) is 14.0. The van der Waals surface area contributed by atoms with Crippen LogP contribution in [0.5, 0.6) is 0 Å². The highest BCUT2D eigenvalue weighted by atomic mass is 14.9. The maximum Gasteiger partial charge on any atom is 0.127 e. The highest BCUT2D eigenvalue weighted by Gasteiger charge is 2.12. The lowest BCUT2D eigenvalue weighted by Gasteiger charge is -2.07. The molecule has 1 aromatic heterocycles. The molecule has 0 radical (unpaired) electrons. The Morgan fingerprint density at radius 3 is 1.79 bits per heavy atom. The van der Waals surface area contributed by atoms with Gasteiger partial charge in [-0.2, -0.15) is 0 Å². The first-order valence-electron chi connectivity index (χ1n) is 11.0. The average Bonchev–Trinajstić information content (AvgIpc) is 3.05. The van der Waals surface area contributed by atoms with E-state index in [9.17, 15) is 0 Å². The van der Waals surface area contributed by atoms with Crippen LogP contribution in [-0.4, -0.2) is 9.97 Å². The minimum Gasteiger partial charge on any atom is -0.241 e. The summed E-state index contributed by atoms with van der Waals surface area (Å²) >= 11 is 0. The van der Waals surface area contributed by atoms with E-state index in [-0.39, 0.29) is 0 Å². The van der Waals surface area contributed by atoms with Crippen LogP contribution in [0.2, 0.25) is 0 Å². The Morgan fingerprint density at radius 2 is 1.24 bits per heavy atom. The summed E-state index contributed by atoms with van der Waals surface area (Å²) in [6.45, 7) is 15.1. The molecule has 0 aliphatic heterocycles. The molecule has 2 nitrogen and oxygen atoms in total. The molecule has 1 aromatic rings. The van der Waals surface area contributed by atoms with Crippen molar-refractivity contribution in [3.63, 3.8) is 0 Å². The molecule has 2 aliphatic rings. The molecular weight excluding hydrogens is 352 g/mol. The summed E-state index contributed by atoms with van der Waals surface area (Å²) in [6.07, 6.45) is 23.1. The molecule has 0 fully saturated rings. The fourth-order valence-corrected chi connectivity index (χ4v) is 3.49. The van der Waals surface area contributed by atoms with Gasteiger partial charge in [-0.25, -0.2) is 9.97 Å². The van der Waals surface area contributed by atoms with E-state index in [4.69, 9.17) is 0 Å². The predicted molar refractivity (Wildman–Crippen MR) is 126 cm³/mol. The monoisotopic (exact) mass is 388 g/mol. The Bertz CT molecular complexity index is 858. The normalized spacial score (nSPS) is 21.2. The van der Waals surface area contributed by atoms with Crippen LogP contribution in [0.25, 0.3) is 5.57 Å². The highest BCUT2D eigenvalue weighted by molar-refractivity contribution is 5.75. The molecule has 2 unspecified atom stereocenters. The molecule has 2 atom stereocenters. The fourth-order valence-electron chi connectivity index (χ4n) is 3.49. The predicted octanol–water partition coefficient (Wildman–Crippen LogP) is 7.30. The quantitative estimate of drug-likeness (QED) is 0.541. The van der Waals surface area contributed by atoms with Crippen molar-refractivity contribution in [2.45, 2.75) is 54.9 Å². The average molecular weight is 389 g/mol. The van der Waals surface area contributed by atoms with E-state index < -0.39 is 0 Å². The van der Waals surface area contributed by atoms with Gasteiger partial charge in [-0.05, 0) is 40.0 Å². The summed E-state index contributed by atoms with van der Waals surface area (Å²) in [7, 11) is 0. The Hall–Kier alpha value is -2.48. The van der Waals surface area contributed by atoms with Gasteiger partial charge >= 0.3 is 0 Å². The van der Waals surface area contributed by atoms with E-state index in [0.717, 1.165) is 17.8 Å². The van der Waals surface area contributed by atoms with Gasteiger partial charge in [-0.3, -0.25) is 0 Å². The summed E-state index contributed by atoms with van der Waals surface area (Å²) in [5.41, 5.74) is 6.24. The molecule has 2 aliphatic carbocycles. The van der Waals surface area contributed by atoms with E-state index in [1.54, 1.807) is 0 Å². The van der Waals surface area contributed by atoms with Gasteiger partial charge in [0, 0.05) is 24.4 Å². The minimum atomic E-state index is 0.348. The lowest BCUT2D eigenvalue weighted by molar-refractivity contribution is 0.773. The first kappa shape index (κ1) is 22.8. The summed E-state index contributed by atoms with van der Waals surface area (Å²) in [6, 6.07) is 0. The maximum absolute atomic E-state index is 4.45. The van der Waals surface area contributed by atoms with Crippen LogP contribution >= 0.6 is 0 Å². The van der Waals surface area contributed by atoms with Crippen LogP contribution in [0, 0.1) is 17.8 Å². The third kappa shape index (κ3) is 6.25. The van der Waals surface area contributed by atoms with Crippen LogP contribution in [0.15, 0.2) is 77.7 Å². The van der Waals surface area contributed by atoms with Gasteiger partial charge in [0.2, 0.25) is 0 Å². The minimum absolute atomic E-state index is 0.348. The first-order valence-corrected chi connectivity index (χ1v) is 11.0. The Balaban J connectivity index is 0.00000145. The van der Waals surface area contributed by atoms with Crippen molar-refractivity contribution < 1.29 is 0 Å².